The van der Waals surface area contributed by atoms with E-state index in [9.17, 15) is 5.11 Å². The molecule has 110 valence electrons. The lowest BCUT2D eigenvalue weighted by Gasteiger charge is -2.04. The Bertz CT molecular complexity index is 875. The molecule has 3 N–H and O–H groups in total. The summed E-state index contributed by atoms with van der Waals surface area (Å²) < 4.78 is 0.877. The van der Waals surface area contributed by atoms with Gasteiger partial charge in [0.15, 0.2) is 5.69 Å². The predicted molar refractivity (Wildman–Crippen MR) is 94.8 cm³/mol. The number of benzene rings is 2. The van der Waals surface area contributed by atoms with Crippen LogP contribution in [0.2, 0.25) is 0 Å². The molecule has 3 rings (SSSR count). The van der Waals surface area contributed by atoms with E-state index in [0.29, 0.717) is 5.69 Å². The predicted octanol–water partition coefficient (Wildman–Crippen LogP) is 5.12. The standard InChI is InChI=1S/C15H11BrN4OS/c16-10-6-2-4-8-12(10)18-15(22)20-19-13-9-5-1-3-7-11(9)17-14(13)21/h1-8,17,21H,(H,18,22). The zero-order chi connectivity index (χ0) is 15.5. The van der Waals surface area contributed by atoms with Crippen molar-refractivity contribution in [3.8, 4) is 5.88 Å². The van der Waals surface area contributed by atoms with E-state index in [1.807, 2.05) is 48.5 Å². The average Bonchev–Trinajstić information content (AvgIpc) is 2.83. The molecule has 3 aromatic rings. The first-order chi connectivity index (χ1) is 10.6. The molecule has 0 saturated heterocycles. The molecule has 0 unspecified atom stereocenters. The summed E-state index contributed by atoms with van der Waals surface area (Å²) in [4.78, 5) is 2.84. The third kappa shape index (κ3) is 3.00. The molecule has 0 aliphatic carbocycles. The molecular formula is C15H11BrN4OS. The number of thiocarbonyl (C=S) groups is 1. The quantitative estimate of drug-likeness (QED) is 0.430. The van der Waals surface area contributed by atoms with Crippen molar-refractivity contribution >= 4 is 55.5 Å². The van der Waals surface area contributed by atoms with Crippen LogP contribution >= 0.6 is 28.1 Å². The molecule has 5 nitrogen and oxygen atoms in total. The average molecular weight is 375 g/mol. The van der Waals surface area contributed by atoms with Gasteiger partial charge < -0.3 is 15.4 Å². The Morgan fingerprint density at radius 3 is 2.68 bits per heavy atom. The number of aromatic amines is 1. The first-order valence-corrected chi connectivity index (χ1v) is 7.62. The van der Waals surface area contributed by atoms with Crippen LogP contribution in [0, 0.1) is 0 Å². The summed E-state index contributed by atoms with van der Waals surface area (Å²) in [5, 5.41) is 21.9. The fourth-order valence-corrected chi connectivity index (χ4v) is 2.55. The summed E-state index contributed by atoms with van der Waals surface area (Å²) in [6.45, 7) is 0. The van der Waals surface area contributed by atoms with Crippen LogP contribution in [0.15, 0.2) is 63.2 Å². The molecule has 1 heterocycles. The lowest BCUT2D eigenvalue weighted by Crippen LogP contribution is -2.05. The number of rotatable bonds is 2. The number of nitrogens with zero attached hydrogens (tertiary/aromatic N) is 2. The normalized spacial score (nSPS) is 11.1. The van der Waals surface area contributed by atoms with Gasteiger partial charge in [0.25, 0.3) is 0 Å². The number of hydrogen-bond acceptors (Lipinski definition) is 3. The maximum atomic E-state index is 9.90. The highest BCUT2D eigenvalue weighted by Crippen LogP contribution is 2.35. The minimum absolute atomic E-state index is 0.0337. The van der Waals surface area contributed by atoms with Gasteiger partial charge in [-0.25, -0.2) is 0 Å². The largest absolute Gasteiger partial charge is 0.493 e. The maximum absolute atomic E-state index is 9.90. The summed E-state index contributed by atoms with van der Waals surface area (Å²) in [5.41, 5.74) is 1.96. The third-order valence-electron chi connectivity index (χ3n) is 3.02. The van der Waals surface area contributed by atoms with Gasteiger partial charge in [-0.1, -0.05) is 30.3 Å². The van der Waals surface area contributed by atoms with Crippen molar-refractivity contribution in [2.75, 3.05) is 5.32 Å². The number of H-pyrrole nitrogens is 1. The monoisotopic (exact) mass is 374 g/mol. The summed E-state index contributed by atoms with van der Waals surface area (Å²) in [6.07, 6.45) is 0. The van der Waals surface area contributed by atoms with Crippen molar-refractivity contribution in [2.45, 2.75) is 0 Å². The minimum atomic E-state index is -0.0337. The topological polar surface area (TPSA) is 72.8 Å². The molecular weight excluding hydrogens is 364 g/mol. The Balaban J connectivity index is 1.82. The van der Waals surface area contributed by atoms with Crippen molar-refractivity contribution < 1.29 is 5.11 Å². The lowest BCUT2D eigenvalue weighted by atomic mass is 10.2. The van der Waals surface area contributed by atoms with E-state index in [2.05, 4.69) is 36.5 Å². The van der Waals surface area contributed by atoms with Crippen LogP contribution in [0.3, 0.4) is 0 Å². The van der Waals surface area contributed by atoms with Gasteiger partial charge in [-0.15, -0.1) is 10.2 Å². The smallest absolute Gasteiger partial charge is 0.218 e. The van der Waals surface area contributed by atoms with Crippen LogP contribution in [0.5, 0.6) is 5.88 Å². The highest BCUT2D eigenvalue weighted by Gasteiger charge is 2.09. The number of hydrogen-bond donors (Lipinski definition) is 3. The second kappa shape index (κ2) is 6.25. The molecule has 0 amide bonds. The Hall–Kier alpha value is -2.25. The van der Waals surface area contributed by atoms with Crippen molar-refractivity contribution in [1.82, 2.24) is 4.98 Å². The number of azo groups is 1. The van der Waals surface area contributed by atoms with Gasteiger partial charge in [-0.05, 0) is 46.3 Å². The zero-order valence-corrected chi connectivity index (χ0v) is 13.6. The van der Waals surface area contributed by atoms with Crippen molar-refractivity contribution in [3.63, 3.8) is 0 Å². The lowest BCUT2D eigenvalue weighted by molar-refractivity contribution is 0.459. The van der Waals surface area contributed by atoms with Crippen molar-refractivity contribution in [1.29, 1.82) is 0 Å². The molecule has 0 radical (unpaired) electrons. The summed E-state index contributed by atoms with van der Waals surface area (Å²) in [7, 11) is 0. The van der Waals surface area contributed by atoms with Crippen LogP contribution in [-0.2, 0) is 0 Å². The Morgan fingerprint density at radius 2 is 1.86 bits per heavy atom. The number of para-hydroxylation sites is 2. The van der Waals surface area contributed by atoms with Crippen LogP contribution < -0.4 is 5.32 Å². The number of halogens is 1. The van der Waals surface area contributed by atoms with E-state index in [0.717, 1.165) is 21.1 Å². The van der Waals surface area contributed by atoms with Crippen molar-refractivity contribution in [2.24, 2.45) is 10.2 Å². The highest BCUT2D eigenvalue weighted by atomic mass is 79.9. The highest BCUT2D eigenvalue weighted by molar-refractivity contribution is 9.10. The first kappa shape index (κ1) is 14.7. The number of nitrogens with one attached hydrogen (secondary N) is 2. The van der Waals surface area contributed by atoms with Gasteiger partial charge in [0.2, 0.25) is 11.0 Å². The van der Waals surface area contributed by atoms with E-state index in [4.69, 9.17) is 12.2 Å². The number of aromatic hydroxyl groups is 1. The number of anilines is 1. The molecule has 1 aromatic heterocycles. The van der Waals surface area contributed by atoms with Crippen LogP contribution in [0.4, 0.5) is 11.4 Å². The second-order valence-electron chi connectivity index (χ2n) is 4.48. The van der Waals surface area contributed by atoms with E-state index in [1.54, 1.807) is 0 Å². The SMILES string of the molecule is Oc1[nH]c2ccccc2c1N=NC(=S)Nc1ccccc1Br. The third-order valence-corrected chi connectivity index (χ3v) is 3.89. The van der Waals surface area contributed by atoms with Crippen LogP contribution in [-0.4, -0.2) is 15.2 Å². The second-order valence-corrected chi connectivity index (χ2v) is 5.72. The summed E-state index contributed by atoms with van der Waals surface area (Å²) in [5.74, 6) is -0.0337. The molecule has 0 fully saturated rings. The Kier molecular flexibility index (Phi) is 4.17. The van der Waals surface area contributed by atoms with Gasteiger partial charge in [0.1, 0.15) is 0 Å². The molecule has 0 aliphatic rings. The van der Waals surface area contributed by atoms with Crippen LogP contribution in [0.25, 0.3) is 10.9 Å². The first-order valence-electron chi connectivity index (χ1n) is 6.42. The Morgan fingerprint density at radius 1 is 1.14 bits per heavy atom. The molecule has 2 aromatic carbocycles. The van der Waals surface area contributed by atoms with Gasteiger partial charge >= 0.3 is 0 Å². The van der Waals surface area contributed by atoms with E-state index in [-0.39, 0.29) is 11.0 Å². The number of fused-ring (bicyclic) bond motifs is 1. The summed E-state index contributed by atoms with van der Waals surface area (Å²) >= 11 is 8.57. The Labute approximate surface area is 140 Å². The van der Waals surface area contributed by atoms with Crippen molar-refractivity contribution in [3.05, 3.63) is 53.0 Å². The fourth-order valence-electron chi connectivity index (χ4n) is 2.01. The van der Waals surface area contributed by atoms with Gasteiger partial charge in [-0.2, -0.15) is 0 Å². The molecule has 0 saturated carbocycles. The minimum Gasteiger partial charge on any atom is -0.493 e. The maximum Gasteiger partial charge on any atom is 0.218 e. The molecule has 0 aliphatic heterocycles. The number of aromatic nitrogens is 1. The van der Waals surface area contributed by atoms with Gasteiger partial charge in [-0.3, -0.25) is 0 Å². The fraction of sp³-hybridized carbons (Fsp3) is 0. The van der Waals surface area contributed by atoms with E-state index >= 15 is 0 Å². The van der Waals surface area contributed by atoms with E-state index in [1.165, 1.54) is 0 Å². The van der Waals surface area contributed by atoms with E-state index < -0.39 is 0 Å². The zero-order valence-electron chi connectivity index (χ0n) is 11.2. The molecule has 22 heavy (non-hydrogen) atoms. The van der Waals surface area contributed by atoms with Crippen LogP contribution in [0.1, 0.15) is 0 Å². The molecule has 0 bridgehead atoms. The summed E-state index contributed by atoms with van der Waals surface area (Å²) in [6, 6.07) is 15.0. The molecule has 0 atom stereocenters. The molecule has 7 heteroatoms. The van der Waals surface area contributed by atoms with Gasteiger partial charge in [0, 0.05) is 9.86 Å². The van der Waals surface area contributed by atoms with Gasteiger partial charge in [0.05, 0.1) is 11.2 Å². The molecule has 0 spiro atoms.